The number of aliphatic hydroxyl groups is 1. The Morgan fingerprint density at radius 1 is 0.826 bits per heavy atom. The first kappa shape index (κ1) is 19.2. The van der Waals surface area contributed by atoms with Gasteiger partial charge in [0.1, 0.15) is 0 Å². The molecular weight excluding hydrogens is 286 g/mol. The van der Waals surface area contributed by atoms with Crippen LogP contribution in [0, 0.1) is 0 Å². The average Bonchev–Trinajstić information content (AvgIpc) is 2.62. The van der Waals surface area contributed by atoms with Crippen molar-refractivity contribution in [2.45, 2.75) is 128 Å². The third-order valence-electron chi connectivity index (χ3n) is 6.54. The molecule has 23 heavy (non-hydrogen) atoms. The van der Waals surface area contributed by atoms with Crippen molar-refractivity contribution < 1.29 is 9.84 Å². The largest absolute Gasteiger partial charge is 0.356 e. The van der Waals surface area contributed by atoms with Gasteiger partial charge in [0.2, 0.25) is 6.41 Å². The van der Waals surface area contributed by atoms with Crippen molar-refractivity contribution in [2.24, 2.45) is 0 Å². The Bertz CT molecular complexity index is 291. The Balaban J connectivity index is 2.10. The van der Waals surface area contributed by atoms with Gasteiger partial charge in [-0.2, -0.15) is 0 Å². The maximum absolute atomic E-state index is 11.0. The fourth-order valence-corrected chi connectivity index (χ4v) is 4.70. The van der Waals surface area contributed by atoms with Crippen LogP contribution in [-0.4, -0.2) is 34.1 Å². The quantitative estimate of drug-likeness (QED) is 0.621. The summed E-state index contributed by atoms with van der Waals surface area (Å²) >= 11 is 0. The minimum atomic E-state index is -0.721. The second-order valence-electron chi connectivity index (χ2n) is 7.72. The summed E-state index contributed by atoms with van der Waals surface area (Å²) in [5.74, 6) is 0. The first-order valence-corrected chi connectivity index (χ1v) is 10.3. The highest BCUT2D eigenvalue weighted by Gasteiger charge is 2.37. The first-order valence-electron chi connectivity index (χ1n) is 10.3. The van der Waals surface area contributed by atoms with Gasteiger partial charge in [0.25, 0.3) is 0 Å². The van der Waals surface area contributed by atoms with Crippen LogP contribution in [0.25, 0.3) is 0 Å². The van der Waals surface area contributed by atoms with Crippen molar-refractivity contribution in [3.8, 4) is 0 Å². The van der Waals surface area contributed by atoms with Crippen LogP contribution in [-0.2, 0) is 4.74 Å². The molecule has 1 N–H and O–H groups in total. The van der Waals surface area contributed by atoms with Crippen LogP contribution in [0.1, 0.15) is 104 Å². The van der Waals surface area contributed by atoms with Crippen molar-refractivity contribution in [1.29, 1.82) is 0 Å². The smallest absolute Gasteiger partial charge is 0.217 e. The summed E-state index contributed by atoms with van der Waals surface area (Å²) in [4.78, 5) is 2.38. The summed E-state index contributed by atoms with van der Waals surface area (Å²) in [5.41, 5.74) is -0.166. The molecule has 2 aliphatic carbocycles. The number of nitrogens with zero attached hydrogens (tertiary/aromatic N) is 1. The summed E-state index contributed by atoms with van der Waals surface area (Å²) in [7, 11) is 0. The standard InChI is InChI=1S/C20H39NO2/c1-4-20(5-2,6-3)23-19(22)21(17-13-9-7-10-14-17)18-15-11-8-12-16-18/h17-19,22H,4-16H2,1-3H3. The zero-order chi connectivity index (χ0) is 16.7. The van der Waals surface area contributed by atoms with Gasteiger partial charge in [-0.05, 0) is 44.9 Å². The van der Waals surface area contributed by atoms with E-state index >= 15 is 0 Å². The minimum absolute atomic E-state index is 0.166. The van der Waals surface area contributed by atoms with Crippen LogP contribution in [0.15, 0.2) is 0 Å². The molecule has 0 aromatic rings. The molecule has 0 heterocycles. The van der Waals surface area contributed by atoms with Gasteiger partial charge in [0.05, 0.1) is 5.60 Å². The van der Waals surface area contributed by atoms with Crippen LogP contribution in [0.3, 0.4) is 0 Å². The lowest BCUT2D eigenvalue weighted by Crippen LogP contribution is -2.54. The molecule has 0 aromatic heterocycles. The molecule has 1 unspecified atom stereocenters. The number of hydrogen-bond acceptors (Lipinski definition) is 3. The lowest BCUT2D eigenvalue weighted by atomic mass is 9.89. The summed E-state index contributed by atoms with van der Waals surface area (Å²) in [6.45, 7) is 6.56. The van der Waals surface area contributed by atoms with E-state index in [1.165, 1.54) is 64.2 Å². The number of rotatable bonds is 8. The van der Waals surface area contributed by atoms with Crippen molar-refractivity contribution in [3.63, 3.8) is 0 Å². The summed E-state index contributed by atoms with van der Waals surface area (Å²) < 4.78 is 6.34. The predicted molar refractivity (Wildman–Crippen MR) is 96.3 cm³/mol. The predicted octanol–water partition coefficient (Wildman–Crippen LogP) is 5.22. The van der Waals surface area contributed by atoms with E-state index in [4.69, 9.17) is 4.74 Å². The zero-order valence-electron chi connectivity index (χ0n) is 15.7. The van der Waals surface area contributed by atoms with Crippen molar-refractivity contribution in [3.05, 3.63) is 0 Å². The van der Waals surface area contributed by atoms with Gasteiger partial charge < -0.3 is 9.84 Å². The van der Waals surface area contributed by atoms with Gasteiger partial charge in [-0.3, -0.25) is 0 Å². The lowest BCUT2D eigenvalue weighted by molar-refractivity contribution is -0.276. The highest BCUT2D eigenvalue weighted by atomic mass is 16.6. The second-order valence-corrected chi connectivity index (χ2v) is 7.72. The fraction of sp³-hybridized carbons (Fsp3) is 1.00. The average molecular weight is 326 g/mol. The third kappa shape index (κ3) is 4.93. The Morgan fingerprint density at radius 2 is 1.22 bits per heavy atom. The molecule has 0 saturated heterocycles. The summed E-state index contributed by atoms with van der Waals surface area (Å²) in [6, 6.07) is 1.04. The first-order chi connectivity index (χ1) is 11.2. The molecule has 2 aliphatic rings. The number of hydrogen-bond donors (Lipinski definition) is 1. The van der Waals surface area contributed by atoms with Gasteiger partial charge in [0, 0.05) is 12.1 Å². The van der Waals surface area contributed by atoms with E-state index in [0.717, 1.165) is 19.3 Å². The van der Waals surface area contributed by atoms with Crippen LogP contribution in [0.5, 0.6) is 0 Å². The Kier molecular flexibility index (Phi) is 7.84. The van der Waals surface area contributed by atoms with E-state index < -0.39 is 6.41 Å². The molecule has 0 amide bonds. The number of aliphatic hydroxyl groups excluding tert-OH is 1. The Labute approximate surface area is 143 Å². The highest BCUT2D eigenvalue weighted by Crippen LogP contribution is 2.34. The molecular formula is C20H39NO2. The topological polar surface area (TPSA) is 32.7 Å². The lowest BCUT2D eigenvalue weighted by Gasteiger charge is -2.46. The van der Waals surface area contributed by atoms with Gasteiger partial charge in [-0.1, -0.05) is 59.3 Å². The van der Waals surface area contributed by atoms with E-state index in [2.05, 4.69) is 25.7 Å². The van der Waals surface area contributed by atoms with Crippen LogP contribution in [0.4, 0.5) is 0 Å². The molecule has 1 atom stereocenters. The fourth-order valence-electron chi connectivity index (χ4n) is 4.70. The highest BCUT2D eigenvalue weighted by molar-refractivity contribution is 4.85. The van der Waals surface area contributed by atoms with Crippen LogP contribution < -0.4 is 0 Å². The normalized spacial score (nSPS) is 23.3. The molecule has 0 radical (unpaired) electrons. The second kappa shape index (κ2) is 9.39. The molecule has 3 nitrogen and oxygen atoms in total. The molecule has 0 spiro atoms. The molecule has 136 valence electrons. The maximum atomic E-state index is 11.0. The van der Waals surface area contributed by atoms with Crippen molar-refractivity contribution in [2.75, 3.05) is 0 Å². The molecule has 0 aromatic carbocycles. The van der Waals surface area contributed by atoms with Crippen LogP contribution >= 0.6 is 0 Å². The van der Waals surface area contributed by atoms with E-state index in [0.29, 0.717) is 12.1 Å². The molecule has 2 saturated carbocycles. The third-order valence-corrected chi connectivity index (χ3v) is 6.54. The Morgan fingerprint density at radius 3 is 1.57 bits per heavy atom. The summed E-state index contributed by atoms with van der Waals surface area (Å²) in [5, 5.41) is 11.0. The van der Waals surface area contributed by atoms with Crippen molar-refractivity contribution >= 4 is 0 Å². The Hall–Kier alpha value is -0.120. The molecule has 2 rings (SSSR count). The molecule has 3 heteroatoms. The van der Waals surface area contributed by atoms with Crippen LogP contribution in [0.2, 0.25) is 0 Å². The van der Waals surface area contributed by atoms with Gasteiger partial charge in [0.15, 0.2) is 0 Å². The van der Waals surface area contributed by atoms with E-state index in [1.54, 1.807) is 0 Å². The maximum Gasteiger partial charge on any atom is 0.217 e. The van der Waals surface area contributed by atoms with Gasteiger partial charge >= 0.3 is 0 Å². The van der Waals surface area contributed by atoms with E-state index in [1.807, 2.05) is 0 Å². The van der Waals surface area contributed by atoms with E-state index in [9.17, 15) is 5.11 Å². The summed E-state index contributed by atoms with van der Waals surface area (Å²) in [6.07, 6.45) is 15.1. The molecule has 0 aliphatic heterocycles. The molecule has 2 fully saturated rings. The zero-order valence-corrected chi connectivity index (χ0v) is 15.7. The van der Waals surface area contributed by atoms with E-state index in [-0.39, 0.29) is 5.60 Å². The minimum Gasteiger partial charge on any atom is -0.356 e. The molecule has 0 bridgehead atoms. The van der Waals surface area contributed by atoms with Crippen molar-refractivity contribution in [1.82, 2.24) is 4.90 Å². The van der Waals surface area contributed by atoms with Gasteiger partial charge in [-0.25, -0.2) is 4.90 Å². The van der Waals surface area contributed by atoms with Gasteiger partial charge in [-0.15, -0.1) is 0 Å². The SMILES string of the molecule is CCC(CC)(CC)OC(O)N(C1CCCCC1)C1CCCCC1. The number of ether oxygens (including phenoxy) is 1. The monoisotopic (exact) mass is 325 g/mol.